The van der Waals surface area contributed by atoms with Gasteiger partial charge in [0.2, 0.25) is 15.0 Å². The number of aromatic nitrogens is 2. The van der Waals surface area contributed by atoms with E-state index in [0.29, 0.717) is 37.3 Å². The normalized spacial score (nSPS) is 15.4. The highest BCUT2D eigenvalue weighted by atomic mass is 32.2. The Labute approximate surface area is 132 Å². The molecule has 0 saturated carbocycles. The van der Waals surface area contributed by atoms with E-state index in [2.05, 4.69) is 9.97 Å². The van der Waals surface area contributed by atoms with E-state index in [1.54, 1.807) is 0 Å². The smallest absolute Gasteiger partial charge is 0.246 e. The highest BCUT2D eigenvalue weighted by molar-refractivity contribution is 7.90. The van der Waals surface area contributed by atoms with Gasteiger partial charge in [0.05, 0.1) is 5.69 Å². The lowest BCUT2D eigenvalue weighted by molar-refractivity contribution is 0.238. The first-order valence-corrected chi connectivity index (χ1v) is 8.93. The second kappa shape index (κ2) is 5.93. The summed E-state index contributed by atoms with van der Waals surface area (Å²) in [5.74, 6) is -1.17. The predicted molar refractivity (Wildman–Crippen MR) is 79.3 cm³/mol. The average molecular weight is 339 g/mol. The van der Waals surface area contributed by atoms with Gasteiger partial charge in [-0.05, 0) is 6.07 Å². The fraction of sp³-hybridized carbons (Fsp3) is 0.333. The quantitative estimate of drug-likeness (QED) is 0.797. The topological polar surface area (TPSA) is 63.2 Å². The average Bonchev–Trinajstić information content (AvgIpc) is 2.48. The maximum absolute atomic E-state index is 13.7. The number of fused-ring (bicyclic) bond motifs is 1. The molecule has 0 fully saturated rings. The van der Waals surface area contributed by atoms with Crippen LogP contribution in [0, 0.1) is 11.6 Å². The third-order valence-electron chi connectivity index (χ3n) is 3.73. The van der Waals surface area contributed by atoms with Crippen molar-refractivity contribution in [2.75, 3.05) is 12.8 Å². The first-order valence-electron chi connectivity index (χ1n) is 7.04. The van der Waals surface area contributed by atoms with Crippen molar-refractivity contribution in [3.63, 3.8) is 0 Å². The first-order chi connectivity index (χ1) is 10.8. The molecule has 2 aromatic rings. The Bertz CT molecular complexity index is 856. The molecule has 0 saturated heterocycles. The van der Waals surface area contributed by atoms with Crippen molar-refractivity contribution in [1.82, 2.24) is 14.9 Å². The van der Waals surface area contributed by atoms with Gasteiger partial charge in [0.25, 0.3) is 0 Å². The molecule has 0 unspecified atom stereocenters. The zero-order valence-corrected chi connectivity index (χ0v) is 13.3. The standard InChI is InChI=1S/C15H15F2N3O2S/c1-23(21,22)15-18-7-11-9-20(5-4-14(11)19-15)8-10-2-3-12(16)6-13(10)17/h2-3,6-7H,4-5,8-9H2,1H3. The van der Waals surface area contributed by atoms with Crippen molar-refractivity contribution in [1.29, 1.82) is 0 Å². The van der Waals surface area contributed by atoms with Gasteiger partial charge in [0.1, 0.15) is 11.6 Å². The minimum absolute atomic E-state index is 0.172. The van der Waals surface area contributed by atoms with Crippen LogP contribution in [-0.2, 0) is 29.3 Å². The molecule has 0 atom stereocenters. The molecule has 0 bridgehead atoms. The molecule has 2 heterocycles. The maximum atomic E-state index is 13.7. The van der Waals surface area contributed by atoms with Crippen LogP contribution < -0.4 is 0 Å². The van der Waals surface area contributed by atoms with Gasteiger partial charge in [-0.3, -0.25) is 4.90 Å². The molecule has 0 radical (unpaired) electrons. The van der Waals surface area contributed by atoms with Gasteiger partial charge in [0, 0.05) is 55.7 Å². The molecule has 0 aliphatic carbocycles. The number of halogens is 2. The summed E-state index contributed by atoms with van der Waals surface area (Å²) in [5, 5.41) is -0.172. The third-order valence-corrected chi connectivity index (χ3v) is 4.59. The molecule has 3 rings (SSSR count). The van der Waals surface area contributed by atoms with E-state index in [1.807, 2.05) is 4.90 Å². The molecule has 8 heteroatoms. The molecule has 0 spiro atoms. The molecule has 0 amide bonds. The highest BCUT2D eigenvalue weighted by Crippen LogP contribution is 2.20. The van der Waals surface area contributed by atoms with E-state index in [-0.39, 0.29) is 5.16 Å². The van der Waals surface area contributed by atoms with Gasteiger partial charge in [-0.15, -0.1) is 0 Å². The fourth-order valence-electron chi connectivity index (χ4n) is 2.56. The SMILES string of the molecule is CS(=O)(=O)c1ncc2c(n1)CCN(Cc1ccc(F)cc1F)C2. The summed E-state index contributed by atoms with van der Waals surface area (Å²) in [7, 11) is -3.43. The summed E-state index contributed by atoms with van der Waals surface area (Å²) in [5.41, 5.74) is 1.95. The van der Waals surface area contributed by atoms with Crippen LogP contribution in [0.25, 0.3) is 0 Å². The van der Waals surface area contributed by atoms with Gasteiger partial charge in [0.15, 0.2) is 0 Å². The molecule has 23 heavy (non-hydrogen) atoms. The lowest BCUT2D eigenvalue weighted by atomic mass is 10.1. The Balaban J connectivity index is 1.78. The van der Waals surface area contributed by atoms with Crippen LogP contribution in [0.1, 0.15) is 16.8 Å². The zero-order chi connectivity index (χ0) is 16.6. The molecular formula is C15H15F2N3O2S. The molecule has 0 N–H and O–H groups in total. The number of rotatable bonds is 3. The van der Waals surface area contributed by atoms with Crippen molar-refractivity contribution in [3.05, 3.63) is 52.9 Å². The lowest BCUT2D eigenvalue weighted by Crippen LogP contribution is -2.31. The Morgan fingerprint density at radius 1 is 1.30 bits per heavy atom. The summed E-state index contributed by atoms with van der Waals surface area (Å²) in [4.78, 5) is 9.98. The zero-order valence-electron chi connectivity index (χ0n) is 12.5. The van der Waals surface area contributed by atoms with Crippen molar-refractivity contribution in [3.8, 4) is 0 Å². The van der Waals surface area contributed by atoms with Crippen LogP contribution in [0.4, 0.5) is 8.78 Å². The number of hydrogen-bond acceptors (Lipinski definition) is 5. The number of nitrogens with zero attached hydrogens (tertiary/aromatic N) is 3. The number of benzene rings is 1. The van der Waals surface area contributed by atoms with Gasteiger partial charge < -0.3 is 0 Å². The molecule has 1 aliphatic rings. The highest BCUT2D eigenvalue weighted by Gasteiger charge is 2.21. The molecule has 1 aromatic heterocycles. The molecule has 1 aliphatic heterocycles. The largest absolute Gasteiger partial charge is 0.294 e. The molecule has 122 valence electrons. The van der Waals surface area contributed by atoms with Crippen LogP contribution in [0.2, 0.25) is 0 Å². The first kappa shape index (κ1) is 15.9. The Morgan fingerprint density at radius 2 is 2.09 bits per heavy atom. The van der Waals surface area contributed by atoms with E-state index >= 15 is 0 Å². The summed E-state index contributed by atoms with van der Waals surface area (Å²) in [6.07, 6.45) is 3.14. The Hall–Kier alpha value is -1.93. The van der Waals surface area contributed by atoms with Crippen molar-refractivity contribution in [2.45, 2.75) is 24.7 Å². The van der Waals surface area contributed by atoms with Gasteiger partial charge in [-0.1, -0.05) is 6.07 Å². The van der Waals surface area contributed by atoms with Crippen LogP contribution in [0.15, 0.2) is 29.6 Å². The van der Waals surface area contributed by atoms with Crippen LogP contribution >= 0.6 is 0 Å². The predicted octanol–water partition coefficient (Wildman–Crippen LogP) is 1.72. The summed E-state index contributed by atoms with van der Waals surface area (Å²) in [6.45, 7) is 1.46. The Morgan fingerprint density at radius 3 is 2.78 bits per heavy atom. The third kappa shape index (κ3) is 3.53. The summed E-state index contributed by atoms with van der Waals surface area (Å²) < 4.78 is 49.6. The number of sulfone groups is 1. The van der Waals surface area contributed by atoms with Crippen LogP contribution in [-0.4, -0.2) is 36.1 Å². The van der Waals surface area contributed by atoms with Gasteiger partial charge in [-0.2, -0.15) is 0 Å². The lowest BCUT2D eigenvalue weighted by Gasteiger charge is -2.28. The van der Waals surface area contributed by atoms with E-state index in [0.717, 1.165) is 17.9 Å². The van der Waals surface area contributed by atoms with Crippen molar-refractivity contribution < 1.29 is 17.2 Å². The maximum Gasteiger partial charge on any atom is 0.246 e. The molecule has 5 nitrogen and oxygen atoms in total. The second-order valence-corrected chi connectivity index (χ2v) is 7.50. The van der Waals surface area contributed by atoms with E-state index in [9.17, 15) is 17.2 Å². The van der Waals surface area contributed by atoms with Crippen molar-refractivity contribution in [2.24, 2.45) is 0 Å². The number of hydrogen-bond donors (Lipinski definition) is 0. The second-order valence-electron chi connectivity index (χ2n) is 5.59. The summed E-state index contributed by atoms with van der Waals surface area (Å²) >= 11 is 0. The Kier molecular flexibility index (Phi) is 4.11. The minimum atomic E-state index is -3.43. The monoisotopic (exact) mass is 339 g/mol. The fourth-order valence-corrected chi connectivity index (χ4v) is 3.08. The van der Waals surface area contributed by atoms with E-state index in [1.165, 1.54) is 18.3 Å². The van der Waals surface area contributed by atoms with E-state index < -0.39 is 21.5 Å². The van der Waals surface area contributed by atoms with Gasteiger partial charge in [-0.25, -0.2) is 27.2 Å². The molecular weight excluding hydrogens is 324 g/mol. The van der Waals surface area contributed by atoms with Gasteiger partial charge >= 0.3 is 0 Å². The summed E-state index contributed by atoms with van der Waals surface area (Å²) in [6, 6.07) is 3.54. The molecule has 1 aromatic carbocycles. The minimum Gasteiger partial charge on any atom is -0.294 e. The van der Waals surface area contributed by atoms with E-state index in [4.69, 9.17) is 0 Å². The van der Waals surface area contributed by atoms with Crippen molar-refractivity contribution >= 4 is 9.84 Å². The van der Waals surface area contributed by atoms with Crippen LogP contribution in [0.3, 0.4) is 0 Å². The van der Waals surface area contributed by atoms with Crippen LogP contribution in [0.5, 0.6) is 0 Å².